The molecule has 4 heteroatoms. The minimum Gasteiger partial charge on any atom is -0.351 e. The van der Waals surface area contributed by atoms with E-state index < -0.39 is 0 Å². The Labute approximate surface area is 141 Å². The lowest BCUT2D eigenvalue weighted by atomic mass is 10.1. The largest absolute Gasteiger partial charge is 0.351 e. The van der Waals surface area contributed by atoms with Crippen LogP contribution in [0.25, 0.3) is 0 Å². The molecule has 132 valence electrons. The van der Waals surface area contributed by atoms with Gasteiger partial charge in [-0.15, -0.1) is 0 Å². The molecular formula is C19H34N2O2. The van der Waals surface area contributed by atoms with Crippen LogP contribution in [0.4, 0.5) is 0 Å². The first-order valence-electron chi connectivity index (χ1n) is 9.48. The zero-order chi connectivity index (χ0) is 16.9. The lowest BCUT2D eigenvalue weighted by Gasteiger charge is -2.07. The van der Waals surface area contributed by atoms with E-state index in [1.807, 2.05) is 0 Å². The second kappa shape index (κ2) is 12.3. The number of hydrogen-bond donors (Lipinski definition) is 1. The van der Waals surface area contributed by atoms with Crippen LogP contribution in [-0.4, -0.2) is 24.1 Å². The van der Waals surface area contributed by atoms with E-state index in [0.29, 0.717) is 18.9 Å². The fraction of sp³-hybridized carbons (Fsp3) is 0.842. The number of aliphatic imine (C=N–C) groups is 1. The van der Waals surface area contributed by atoms with Crippen molar-refractivity contribution >= 4 is 17.5 Å². The van der Waals surface area contributed by atoms with Crippen LogP contribution in [0.15, 0.2) is 4.99 Å². The topological polar surface area (TPSA) is 58.5 Å². The van der Waals surface area contributed by atoms with Crippen molar-refractivity contribution in [3.8, 4) is 0 Å². The molecule has 0 saturated heterocycles. The molecule has 0 atom stereocenters. The summed E-state index contributed by atoms with van der Waals surface area (Å²) in [6, 6.07) is 0. The number of hydrogen-bond acceptors (Lipinski definition) is 2. The molecule has 0 heterocycles. The third-order valence-electron chi connectivity index (χ3n) is 4.32. The summed E-state index contributed by atoms with van der Waals surface area (Å²) in [6.07, 6.45) is 14.1. The minimum absolute atomic E-state index is 0.0878. The predicted octanol–water partition coefficient (Wildman–Crippen LogP) is 4.42. The molecule has 0 bridgehead atoms. The Morgan fingerprint density at radius 1 is 0.957 bits per heavy atom. The Morgan fingerprint density at radius 2 is 1.52 bits per heavy atom. The number of carbonyl (C=O) groups is 2. The summed E-state index contributed by atoms with van der Waals surface area (Å²) in [5.74, 6) is 0.344. The lowest BCUT2D eigenvalue weighted by Crippen LogP contribution is -2.30. The molecule has 1 saturated carbocycles. The number of unbranched alkanes of at least 4 members (excludes halogenated alkanes) is 8. The predicted molar refractivity (Wildman–Crippen MR) is 95.7 cm³/mol. The van der Waals surface area contributed by atoms with E-state index in [1.54, 1.807) is 0 Å². The highest BCUT2D eigenvalue weighted by atomic mass is 16.2. The zero-order valence-electron chi connectivity index (χ0n) is 15.0. The molecular weight excluding hydrogens is 288 g/mol. The van der Waals surface area contributed by atoms with Gasteiger partial charge in [0.05, 0.1) is 6.54 Å². The average molecular weight is 322 g/mol. The highest BCUT2D eigenvalue weighted by molar-refractivity contribution is 6.00. The summed E-state index contributed by atoms with van der Waals surface area (Å²) in [5.41, 5.74) is 0.859. The summed E-state index contributed by atoms with van der Waals surface area (Å²) in [6.45, 7) is 4.15. The first kappa shape index (κ1) is 19.9. The molecule has 1 rings (SSSR count). The van der Waals surface area contributed by atoms with Crippen LogP contribution < -0.4 is 5.32 Å². The fourth-order valence-corrected chi connectivity index (χ4v) is 2.77. The molecule has 1 aliphatic rings. The zero-order valence-corrected chi connectivity index (χ0v) is 15.0. The van der Waals surface area contributed by atoms with E-state index in [2.05, 4.69) is 17.2 Å². The van der Waals surface area contributed by atoms with Crippen LogP contribution >= 0.6 is 0 Å². The fourth-order valence-electron chi connectivity index (χ4n) is 2.77. The third kappa shape index (κ3) is 11.1. The quantitative estimate of drug-likeness (QED) is 0.403. The second-order valence-electron chi connectivity index (χ2n) is 6.75. The maximum atomic E-state index is 11.8. The Morgan fingerprint density at radius 3 is 2.04 bits per heavy atom. The maximum Gasteiger partial charge on any atom is 0.242 e. The smallest absolute Gasteiger partial charge is 0.242 e. The first-order chi connectivity index (χ1) is 11.1. The molecule has 1 N–H and O–H groups in total. The van der Waals surface area contributed by atoms with E-state index in [-0.39, 0.29) is 11.8 Å². The van der Waals surface area contributed by atoms with Gasteiger partial charge in [0.15, 0.2) is 0 Å². The van der Waals surface area contributed by atoms with Crippen molar-refractivity contribution in [1.29, 1.82) is 0 Å². The normalized spacial score (nSPS) is 14.8. The summed E-state index contributed by atoms with van der Waals surface area (Å²) in [4.78, 5) is 26.9. The Balaban J connectivity index is 1.98. The van der Waals surface area contributed by atoms with Crippen molar-refractivity contribution in [1.82, 2.24) is 5.32 Å². The van der Waals surface area contributed by atoms with E-state index >= 15 is 0 Å². The summed E-state index contributed by atoms with van der Waals surface area (Å²) >= 11 is 0. The van der Waals surface area contributed by atoms with Crippen LogP contribution in [0.1, 0.15) is 90.9 Å². The van der Waals surface area contributed by atoms with E-state index in [0.717, 1.165) is 31.4 Å². The Kier molecular flexibility index (Phi) is 10.6. The van der Waals surface area contributed by atoms with Crippen molar-refractivity contribution in [2.75, 3.05) is 6.54 Å². The van der Waals surface area contributed by atoms with Crippen molar-refractivity contribution in [2.45, 2.75) is 90.9 Å². The molecule has 2 amide bonds. The number of carbonyl (C=O) groups excluding carboxylic acids is 2. The van der Waals surface area contributed by atoms with Gasteiger partial charge in [-0.05, 0) is 25.2 Å². The average Bonchev–Trinajstić information content (AvgIpc) is 3.34. The van der Waals surface area contributed by atoms with Crippen LogP contribution in [0.5, 0.6) is 0 Å². The van der Waals surface area contributed by atoms with Gasteiger partial charge in [0, 0.05) is 19.1 Å². The standard InChI is InChI=1S/C19H34N2O2/c1-3-4-5-6-7-8-9-10-11-12-19(23)20-15-18(17-13-14-17)21-16(2)22/h17H,3-15H2,1-2H3,(H,20,23). The van der Waals surface area contributed by atoms with Crippen LogP contribution in [-0.2, 0) is 9.59 Å². The highest BCUT2D eigenvalue weighted by Gasteiger charge is 2.27. The lowest BCUT2D eigenvalue weighted by molar-refractivity contribution is -0.121. The molecule has 0 aromatic heterocycles. The van der Waals surface area contributed by atoms with Gasteiger partial charge in [-0.2, -0.15) is 0 Å². The Hall–Kier alpha value is -1.19. The van der Waals surface area contributed by atoms with Gasteiger partial charge in [-0.3, -0.25) is 9.59 Å². The van der Waals surface area contributed by atoms with Crippen molar-refractivity contribution in [2.24, 2.45) is 10.9 Å². The van der Waals surface area contributed by atoms with Crippen molar-refractivity contribution in [3.63, 3.8) is 0 Å². The maximum absolute atomic E-state index is 11.8. The minimum atomic E-state index is -0.167. The van der Waals surface area contributed by atoms with Gasteiger partial charge in [-0.25, -0.2) is 4.99 Å². The number of rotatable bonds is 13. The molecule has 0 spiro atoms. The van der Waals surface area contributed by atoms with Gasteiger partial charge >= 0.3 is 0 Å². The van der Waals surface area contributed by atoms with Gasteiger partial charge in [0.1, 0.15) is 0 Å². The molecule has 0 radical (unpaired) electrons. The van der Waals surface area contributed by atoms with Crippen LogP contribution in [0.3, 0.4) is 0 Å². The second-order valence-corrected chi connectivity index (χ2v) is 6.75. The van der Waals surface area contributed by atoms with Gasteiger partial charge in [0.25, 0.3) is 0 Å². The summed E-state index contributed by atoms with van der Waals surface area (Å²) < 4.78 is 0. The van der Waals surface area contributed by atoms with Crippen molar-refractivity contribution < 1.29 is 9.59 Å². The summed E-state index contributed by atoms with van der Waals surface area (Å²) in [5, 5.41) is 2.91. The van der Waals surface area contributed by atoms with Crippen LogP contribution in [0.2, 0.25) is 0 Å². The SMILES string of the molecule is CCCCCCCCCCCC(=O)NCC(=NC(C)=O)C1CC1. The molecule has 0 aliphatic heterocycles. The van der Waals surface area contributed by atoms with E-state index in [1.165, 1.54) is 51.9 Å². The molecule has 0 aromatic rings. The van der Waals surface area contributed by atoms with Gasteiger partial charge in [-0.1, -0.05) is 58.3 Å². The molecule has 0 unspecified atom stereocenters. The van der Waals surface area contributed by atoms with Crippen LogP contribution in [0, 0.1) is 5.92 Å². The highest BCUT2D eigenvalue weighted by Crippen LogP contribution is 2.30. The van der Waals surface area contributed by atoms with Gasteiger partial charge in [0.2, 0.25) is 11.8 Å². The van der Waals surface area contributed by atoms with E-state index in [9.17, 15) is 9.59 Å². The van der Waals surface area contributed by atoms with Crippen molar-refractivity contribution in [3.05, 3.63) is 0 Å². The molecule has 0 aromatic carbocycles. The van der Waals surface area contributed by atoms with E-state index in [4.69, 9.17) is 0 Å². The molecule has 1 fully saturated rings. The number of nitrogens with zero attached hydrogens (tertiary/aromatic N) is 1. The Bertz CT molecular complexity index is 387. The first-order valence-corrected chi connectivity index (χ1v) is 9.48. The number of amides is 2. The summed E-state index contributed by atoms with van der Waals surface area (Å²) in [7, 11) is 0. The molecule has 23 heavy (non-hydrogen) atoms. The van der Waals surface area contributed by atoms with Gasteiger partial charge < -0.3 is 5.32 Å². The number of nitrogens with one attached hydrogen (secondary N) is 1. The third-order valence-corrected chi connectivity index (χ3v) is 4.32. The molecule has 4 nitrogen and oxygen atoms in total. The monoisotopic (exact) mass is 322 g/mol. The molecule has 1 aliphatic carbocycles.